The Morgan fingerprint density at radius 3 is 2.54 bits per heavy atom. The van der Waals surface area contributed by atoms with Gasteiger partial charge in [-0.05, 0) is 68.6 Å². The van der Waals surface area contributed by atoms with Crippen LogP contribution < -0.4 is 5.32 Å². The van der Waals surface area contributed by atoms with Crippen LogP contribution in [0.2, 0.25) is 0 Å². The second-order valence-electron chi connectivity index (χ2n) is 8.05. The Morgan fingerprint density at radius 1 is 1.11 bits per heavy atom. The highest BCUT2D eigenvalue weighted by Crippen LogP contribution is 2.25. The quantitative estimate of drug-likeness (QED) is 0.708. The van der Waals surface area contributed by atoms with Gasteiger partial charge in [0.05, 0.1) is 0 Å². The van der Waals surface area contributed by atoms with Crippen LogP contribution in [0.1, 0.15) is 63.4 Å². The summed E-state index contributed by atoms with van der Waals surface area (Å²) in [5.41, 5.74) is 2.21. The molecule has 0 bridgehead atoms. The molecule has 0 aromatic heterocycles. The Hall–Kier alpha value is -2.17. The number of allylic oxidation sites excluding steroid dienone is 1. The fourth-order valence-corrected chi connectivity index (χ4v) is 4.07. The van der Waals surface area contributed by atoms with Crippen molar-refractivity contribution in [2.24, 2.45) is 5.92 Å². The Bertz CT molecular complexity index is 691. The summed E-state index contributed by atoms with van der Waals surface area (Å²) in [7, 11) is 0. The molecule has 0 unspecified atom stereocenters. The van der Waals surface area contributed by atoms with E-state index in [9.17, 15) is 14.0 Å². The highest BCUT2D eigenvalue weighted by atomic mass is 19.1. The Labute approximate surface area is 167 Å². The molecule has 2 amide bonds. The number of halogens is 1. The predicted octanol–water partition coefficient (Wildman–Crippen LogP) is 4.35. The lowest BCUT2D eigenvalue weighted by molar-refractivity contribution is -0.132. The van der Waals surface area contributed by atoms with Gasteiger partial charge in [-0.25, -0.2) is 4.39 Å². The van der Waals surface area contributed by atoms with Crippen LogP contribution in [0.3, 0.4) is 0 Å². The van der Waals surface area contributed by atoms with E-state index in [1.807, 2.05) is 4.90 Å². The zero-order valence-electron chi connectivity index (χ0n) is 16.6. The van der Waals surface area contributed by atoms with Crippen LogP contribution in [0.15, 0.2) is 35.9 Å². The fourth-order valence-electron chi connectivity index (χ4n) is 4.07. The predicted molar refractivity (Wildman–Crippen MR) is 108 cm³/mol. The van der Waals surface area contributed by atoms with Gasteiger partial charge in [-0.15, -0.1) is 0 Å². The average Bonchev–Trinajstić information content (AvgIpc) is 2.73. The Balaban J connectivity index is 1.31. The lowest BCUT2D eigenvalue weighted by atomic mass is 9.91. The van der Waals surface area contributed by atoms with Crippen LogP contribution in [-0.2, 0) is 16.1 Å². The molecule has 1 aromatic rings. The van der Waals surface area contributed by atoms with Crippen LogP contribution in [-0.4, -0.2) is 29.8 Å². The van der Waals surface area contributed by atoms with Crippen molar-refractivity contribution >= 4 is 11.8 Å². The maximum Gasteiger partial charge on any atom is 0.226 e. The van der Waals surface area contributed by atoms with E-state index in [2.05, 4.69) is 11.4 Å². The number of carbonyl (C=O) groups excluding carboxylic acids is 2. The van der Waals surface area contributed by atoms with Crippen molar-refractivity contribution in [3.05, 3.63) is 47.3 Å². The number of nitrogens with zero attached hydrogens (tertiary/aromatic N) is 1. The van der Waals surface area contributed by atoms with Crippen molar-refractivity contribution < 1.29 is 14.0 Å². The zero-order valence-corrected chi connectivity index (χ0v) is 16.6. The minimum atomic E-state index is -0.268. The maximum atomic E-state index is 12.9. The van der Waals surface area contributed by atoms with Crippen molar-refractivity contribution in [1.82, 2.24) is 10.2 Å². The summed E-state index contributed by atoms with van der Waals surface area (Å²) in [6.07, 6.45) is 10.8. The van der Waals surface area contributed by atoms with E-state index in [1.165, 1.54) is 30.5 Å². The van der Waals surface area contributed by atoms with Crippen molar-refractivity contribution in [3.63, 3.8) is 0 Å². The van der Waals surface area contributed by atoms with Crippen LogP contribution in [0, 0.1) is 11.7 Å². The van der Waals surface area contributed by atoms with Gasteiger partial charge in [-0.1, -0.05) is 23.8 Å². The van der Waals surface area contributed by atoms with E-state index >= 15 is 0 Å². The van der Waals surface area contributed by atoms with Crippen molar-refractivity contribution in [2.45, 2.75) is 64.3 Å². The molecule has 28 heavy (non-hydrogen) atoms. The van der Waals surface area contributed by atoms with Gasteiger partial charge in [-0.3, -0.25) is 9.59 Å². The molecule has 1 aliphatic carbocycles. The Morgan fingerprint density at radius 2 is 1.86 bits per heavy atom. The van der Waals surface area contributed by atoms with Crippen molar-refractivity contribution in [1.29, 1.82) is 0 Å². The van der Waals surface area contributed by atoms with Gasteiger partial charge in [0.25, 0.3) is 0 Å². The second kappa shape index (κ2) is 10.4. The Kier molecular flexibility index (Phi) is 7.63. The van der Waals surface area contributed by atoms with Gasteiger partial charge in [0.1, 0.15) is 5.82 Å². The number of likely N-dealkylation sites (tertiary alicyclic amines) is 1. The maximum absolute atomic E-state index is 12.9. The molecule has 4 nitrogen and oxygen atoms in total. The average molecular weight is 387 g/mol. The summed E-state index contributed by atoms with van der Waals surface area (Å²) in [6.45, 7) is 2.06. The molecule has 1 saturated heterocycles. The van der Waals surface area contributed by atoms with Gasteiger partial charge in [0, 0.05) is 32.5 Å². The first kappa shape index (κ1) is 20.6. The first-order chi connectivity index (χ1) is 13.6. The van der Waals surface area contributed by atoms with Crippen molar-refractivity contribution in [3.8, 4) is 0 Å². The number of rotatable bonds is 7. The third-order valence-electron chi connectivity index (χ3n) is 5.91. The molecule has 1 fully saturated rings. The lowest BCUT2D eigenvalue weighted by Crippen LogP contribution is -2.38. The van der Waals surface area contributed by atoms with Gasteiger partial charge in [-0.2, -0.15) is 0 Å². The van der Waals surface area contributed by atoms with Gasteiger partial charge >= 0.3 is 0 Å². The summed E-state index contributed by atoms with van der Waals surface area (Å²) < 4.78 is 12.9. The summed E-state index contributed by atoms with van der Waals surface area (Å²) in [5, 5.41) is 2.90. The number of nitrogens with one attached hydrogen (secondary N) is 1. The molecule has 1 aliphatic heterocycles. The lowest BCUT2D eigenvalue weighted by Gasteiger charge is -2.32. The summed E-state index contributed by atoms with van der Waals surface area (Å²) in [4.78, 5) is 26.5. The molecule has 3 rings (SSSR count). The molecule has 0 spiro atoms. The van der Waals surface area contributed by atoms with Crippen LogP contribution >= 0.6 is 0 Å². The van der Waals surface area contributed by atoms with Crippen molar-refractivity contribution in [2.75, 3.05) is 13.1 Å². The highest BCUT2D eigenvalue weighted by Gasteiger charge is 2.23. The number of benzene rings is 1. The molecule has 1 heterocycles. The van der Waals surface area contributed by atoms with Gasteiger partial charge < -0.3 is 10.2 Å². The second-order valence-corrected chi connectivity index (χ2v) is 8.05. The first-order valence-electron chi connectivity index (χ1n) is 10.6. The molecule has 1 aromatic carbocycles. The largest absolute Gasteiger partial charge is 0.352 e. The molecular formula is C23H31FN2O2. The summed E-state index contributed by atoms with van der Waals surface area (Å²) >= 11 is 0. The van der Waals surface area contributed by atoms with Crippen LogP contribution in [0.5, 0.6) is 0 Å². The normalized spacial score (nSPS) is 17.9. The molecule has 1 N–H and O–H groups in total. The van der Waals surface area contributed by atoms with E-state index in [0.29, 0.717) is 25.3 Å². The summed E-state index contributed by atoms with van der Waals surface area (Å²) in [6, 6.07) is 6.18. The van der Waals surface area contributed by atoms with E-state index in [-0.39, 0.29) is 17.6 Å². The fraction of sp³-hybridized carbons (Fsp3) is 0.565. The number of piperidine rings is 1. The minimum Gasteiger partial charge on any atom is -0.352 e. The highest BCUT2D eigenvalue weighted by molar-refractivity contribution is 5.79. The molecular weight excluding hydrogens is 355 g/mol. The summed E-state index contributed by atoms with van der Waals surface area (Å²) in [5.74, 6) is 0.542. The van der Waals surface area contributed by atoms with Crippen LogP contribution in [0.4, 0.5) is 4.39 Å². The van der Waals surface area contributed by atoms with Crippen LogP contribution in [0.25, 0.3) is 0 Å². The van der Waals surface area contributed by atoms with Gasteiger partial charge in [0.2, 0.25) is 11.8 Å². The number of hydrogen-bond donors (Lipinski definition) is 1. The standard InChI is InChI=1S/C23H31FN2O2/c24-21-9-6-20(7-10-21)17-25-22(27)11-8-18-12-14-26(15-13-18)23(28)16-19-4-2-1-3-5-19/h4,6-7,9-10,18H,1-3,5,8,11-17H2,(H,25,27). The smallest absolute Gasteiger partial charge is 0.226 e. The van der Waals surface area contributed by atoms with E-state index in [0.717, 1.165) is 50.8 Å². The molecule has 2 aliphatic rings. The topological polar surface area (TPSA) is 49.4 Å². The van der Waals surface area contributed by atoms with Gasteiger partial charge in [0.15, 0.2) is 0 Å². The number of carbonyl (C=O) groups is 2. The third kappa shape index (κ3) is 6.47. The number of amides is 2. The molecule has 0 radical (unpaired) electrons. The third-order valence-corrected chi connectivity index (χ3v) is 5.91. The SMILES string of the molecule is O=C(CCC1CCN(C(=O)CC2=CCCCC2)CC1)NCc1ccc(F)cc1. The van der Waals surface area contributed by atoms with E-state index in [1.54, 1.807) is 12.1 Å². The minimum absolute atomic E-state index is 0.0343. The van der Waals surface area contributed by atoms with E-state index < -0.39 is 0 Å². The molecule has 0 saturated carbocycles. The first-order valence-corrected chi connectivity index (χ1v) is 10.6. The molecule has 0 atom stereocenters. The molecule has 152 valence electrons. The molecule has 5 heteroatoms. The van der Waals surface area contributed by atoms with E-state index in [4.69, 9.17) is 0 Å². The zero-order chi connectivity index (χ0) is 19.8. The monoisotopic (exact) mass is 386 g/mol. The number of hydrogen-bond acceptors (Lipinski definition) is 2.